The number of thioether (sulfide) groups is 2. The molecule has 2 atom stereocenters. The van der Waals surface area contributed by atoms with Crippen LogP contribution in [0.1, 0.15) is 23.9 Å². The highest BCUT2D eigenvalue weighted by Crippen LogP contribution is 2.40. The number of nitrogens with one attached hydrogen (secondary N) is 1. The summed E-state index contributed by atoms with van der Waals surface area (Å²) in [4.78, 5) is 4.41. The first-order chi connectivity index (χ1) is 8.31. The molecule has 1 N–H and O–H groups in total. The van der Waals surface area contributed by atoms with Crippen LogP contribution in [0.4, 0.5) is 0 Å². The van der Waals surface area contributed by atoms with Gasteiger partial charge in [0.15, 0.2) is 5.82 Å². The minimum absolute atomic E-state index is 0.346. The average Bonchev–Trinajstić information content (AvgIpc) is 2.79. The molecule has 1 aliphatic heterocycles. The number of aromatic nitrogens is 2. The van der Waals surface area contributed by atoms with E-state index in [4.69, 9.17) is 10.9 Å². The molecule has 0 saturated carbocycles. The van der Waals surface area contributed by atoms with E-state index in [1.54, 1.807) is 0 Å². The van der Waals surface area contributed by atoms with E-state index in [0.29, 0.717) is 29.5 Å². The third kappa shape index (κ3) is 3.41. The van der Waals surface area contributed by atoms with Gasteiger partial charge in [-0.05, 0) is 0 Å². The smallest absolute Gasteiger partial charge is 0.240 e. The van der Waals surface area contributed by atoms with E-state index in [-0.39, 0.29) is 0 Å². The molecule has 4 nitrogen and oxygen atoms in total. The van der Waals surface area contributed by atoms with Gasteiger partial charge in [0.05, 0.1) is 18.3 Å². The van der Waals surface area contributed by atoms with Crippen LogP contribution >= 0.6 is 23.5 Å². The summed E-state index contributed by atoms with van der Waals surface area (Å²) in [7, 11) is 0. The molecule has 0 aromatic carbocycles. The van der Waals surface area contributed by atoms with Crippen molar-refractivity contribution < 1.29 is 4.52 Å². The van der Waals surface area contributed by atoms with Crippen molar-refractivity contribution in [3.63, 3.8) is 0 Å². The summed E-state index contributed by atoms with van der Waals surface area (Å²) >= 11 is 3.87. The van der Waals surface area contributed by atoms with Gasteiger partial charge in [0.25, 0.3) is 0 Å². The van der Waals surface area contributed by atoms with E-state index in [1.807, 2.05) is 23.5 Å². The van der Waals surface area contributed by atoms with Crippen molar-refractivity contribution in [2.45, 2.75) is 24.0 Å². The number of rotatable bonds is 4. The van der Waals surface area contributed by atoms with Crippen molar-refractivity contribution in [1.29, 1.82) is 0 Å². The van der Waals surface area contributed by atoms with Crippen molar-refractivity contribution in [2.75, 3.05) is 18.1 Å². The lowest BCUT2D eigenvalue weighted by molar-refractivity contribution is 0.365. The first kappa shape index (κ1) is 12.8. The Bertz CT molecular complexity index is 402. The predicted molar refractivity (Wildman–Crippen MR) is 72.0 cm³/mol. The Balaban J connectivity index is 1.95. The number of nitrogens with zero attached hydrogens (tertiary/aromatic N) is 2. The monoisotopic (exact) mass is 269 g/mol. The summed E-state index contributed by atoms with van der Waals surface area (Å²) in [6, 6.07) is 0. The van der Waals surface area contributed by atoms with Gasteiger partial charge in [-0.1, -0.05) is 18.0 Å². The van der Waals surface area contributed by atoms with Gasteiger partial charge in [0.2, 0.25) is 5.89 Å². The molecule has 1 saturated heterocycles. The Morgan fingerprint density at radius 2 is 2.35 bits per heavy atom. The molecular weight excluding hydrogens is 254 g/mol. The van der Waals surface area contributed by atoms with Gasteiger partial charge in [-0.3, -0.25) is 5.32 Å². The molecule has 2 rings (SSSR count). The fourth-order valence-corrected chi connectivity index (χ4v) is 4.29. The summed E-state index contributed by atoms with van der Waals surface area (Å²) in [5, 5.41) is 7.98. The summed E-state index contributed by atoms with van der Waals surface area (Å²) in [5.74, 6) is 6.29. The largest absolute Gasteiger partial charge is 0.338 e. The molecule has 1 aromatic heterocycles. The summed E-state index contributed by atoms with van der Waals surface area (Å²) in [6.07, 6.45) is 5.15. The van der Waals surface area contributed by atoms with Crippen LogP contribution in [0.25, 0.3) is 0 Å². The molecule has 2 unspecified atom stereocenters. The lowest BCUT2D eigenvalue weighted by Gasteiger charge is -2.24. The molecule has 0 aliphatic carbocycles. The van der Waals surface area contributed by atoms with E-state index in [9.17, 15) is 0 Å². The van der Waals surface area contributed by atoms with Crippen LogP contribution in [0.15, 0.2) is 4.52 Å². The Labute approximate surface area is 110 Å². The second-order valence-electron chi connectivity index (χ2n) is 3.72. The minimum Gasteiger partial charge on any atom is -0.338 e. The van der Waals surface area contributed by atoms with Crippen molar-refractivity contribution in [1.82, 2.24) is 15.5 Å². The second-order valence-corrected chi connectivity index (χ2v) is 6.46. The van der Waals surface area contributed by atoms with Crippen molar-refractivity contribution in [3.05, 3.63) is 11.7 Å². The standard InChI is InChI=1S/C11H15N3OS2/c1-3-4-12-7-9-13-11(14-15-9)10-8(2)16-5-6-17-10/h1,8,10,12H,4-7H2,2H3. The van der Waals surface area contributed by atoms with Crippen LogP contribution in [0.2, 0.25) is 0 Å². The number of terminal acetylenes is 1. The van der Waals surface area contributed by atoms with Gasteiger partial charge in [-0.2, -0.15) is 16.7 Å². The topological polar surface area (TPSA) is 51.0 Å². The average molecular weight is 269 g/mol. The second kappa shape index (κ2) is 6.34. The van der Waals surface area contributed by atoms with Gasteiger partial charge in [-0.15, -0.1) is 18.2 Å². The zero-order valence-corrected chi connectivity index (χ0v) is 11.3. The fraction of sp³-hybridized carbons (Fsp3) is 0.636. The Morgan fingerprint density at radius 1 is 1.53 bits per heavy atom. The van der Waals surface area contributed by atoms with Gasteiger partial charge >= 0.3 is 0 Å². The van der Waals surface area contributed by atoms with Crippen LogP contribution in [-0.4, -0.2) is 33.4 Å². The van der Waals surface area contributed by atoms with Crippen molar-refractivity contribution >= 4 is 23.5 Å². The molecular formula is C11H15N3OS2. The van der Waals surface area contributed by atoms with Gasteiger partial charge in [0.1, 0.15) is 0 Å². The Kier molecular flexibility index (Phi) is 4.77. The molecule has 0 bridgehead atoms. The molecule has 0 spiro atoms. The van der Waals surface area contributed by atoms with Crippen molar-refractivity contribution in [3.8, 4) is 12.3 Å². The normalized spacial score (nSPS) is 24.5. The van der Waals surface area contributed by atoms with E-state index < -0.39 is 0 Å². The highest BCUT2D eigenvalue weighted by atomic mass is 32.2. The fourth-order valence-electron chi connectivity index (χ4n) is 1.61. The number of hydrogen-bond acceptors (Lipinski definition) is 6. The van der Waals surface area contributed by atoms with Crippen LogP contribution in [0.3, 0.4) is 0 Å². The van der Waals surface area contributed by atoms with E-state index in [1.165, 1.54) is 5.75 Å². The van der Waals surface area contributed by atoms with E-state index >= 15 is 0 Å². The summed E-state index contributed by atoms with van der Waals surface area (Å²) in [6.45, 7) is 3.27. The molecule has 1 fully saturated rings. The quantitative estimate of drug-likeness (QED) is 0.663. The number of hydrogen-bond donors (Lipinski definition) is 1. The maximum Gasteiger partial charge on any atom is 0.240 e. The molecule has 17 heavy (non-hydrogen) atoms. The van der Waals surface area contributed by atoms with Crippen molar-refractivity contribution in [2.24, 2.45) is 0 Å². The van der Waals surface area contributed by atoms with Crippen LogP contribution in [-0.2, 0) is 6.54 Å². The molecule has 1 aromatic rings. The highest BCUT2D eigenvalue weighted by molar-refractivity contribution is 8.06. The van der Waals surface area contributed by atoms with Crippen LogP contribution in [0.5, 0.6) is 0 Å². The van der Waals surface area contributed by atoms with E-state index in [0.717, 1.165) is 11.6 Å². The molecule has 0 amide bonds. The molecule has 6 heteroatoms. The van der Waals surface area contributed by atoms with E-state index in [2.05, 4.69) is 28.3 Å². The zero-order valence-electron chi connectivity index (χ0n) is 9.68. The molecule has 0 radical (unpaired) electrons. The molecule has 2 heterocycles. The Hall–Kier alpha value is -0.640. The SMILES string of the molecule is C#CCNCc1nc(C2SCCSC2C)no1. The predicted octanol–water partition coefficient (Wildman–Crippen LogP) is 1.70. The zero-order chi connectivity index (χ0) is 12.1. The third-order valence-corrected chi connectivity index (χ3v) is 5.52. The highest BCUT2D eigenvalue weighted by Gasteiger charge is 2.28. The third-order valence-electron chi connectivity index (χ3n) is 2.43. The summed E-state index contributed by atoms with van der Waals surface area (Å²) in [5.41, 5.74) is 0. The maximum atomic E-state index is 5.20. The summed E-state index contributed by atoms with van der Waals surface area (Å²) < 4.78 is 5.20. The van der Waals surface area contributed by atoms with Crippen LogP contribution in [0, 0.1) is 12.3 Å². The Morgan fingerprint density at radius 3 is 3.12 bits per heavy atom. The maximum absolute atomic E-state index is 5.20. The lowest BCUT2D eigenvalue weighted by atomic mass is 10.3. The minimum atomic E-state index is 0.346. The van der Waals surface area contributed by atoms with Gasteiger partial charge in [-0.25, -0.2) is 0 Å². The molecule has 92 valence electrons. The van der Waals surface area contributed by atoms with Gasteiger partial charge in [0, 0.05) is 16.8 Å². The first-order valence-corrected chi connectivity index (χ1v) is 7.61. The molecule has 1 aliphatic rings. The lowest BCUT2D eigenvalue weighted by Crippen LogP contribution is -2.17. The van der Waals surface area contributed by atoms with Crippen LogP contribution < -0.4 is 5.32 Å². The first-order valence-electron chi connectivity index (χ1n) is 5.51. The van der Waals surface area contributed by atoms with Gasteiger partial charge < -0.3 is 4.52 Å².